The van der Waals surface area contributed by atoms with Gasteiger partial charge in [0.2, 0.25) is 17.7 Å². The molecule has 2 aromatic carbocycles. The number of rotatable bonds is 10. The van der Waals surface area contributed by atoms with Gasteiger partial charge >= 0.3 is 0 Å². The number of methoxy groups -OCH3 is 1. The van der Waals surface area contributed by atoms with Gasteiger partial charge in [0, 0.05) is 30.6 Å². The molecule has 0 aliphatic carbocycles. The van der Waals surface area contributed by atoms with E-state index in [0.29, 0.717) is 37.4 Å². The maximum atomic E-state index is 13.9. The lowest BCUT2D eigenvalue weighted by molar-refractivity contribution is -0.139. The molecule has 8 nitrogen and oxygen atoms in total. The number of nitrogens with zero attached hydrogens (tertiary/aromatic N) is 1. The van der Waals surface area contributed by atoms with E-state index in [-0.39, 0.29) is 29.6 Å². The van der Waals surface area contributed by atoms with Gasteiger partial charge in [-0.1, -0.05) is 30.3 Å². The number of likely N-dealkylation sites (tertiary alicyclic amines) is 1. The molecular formula is C28H33N3O5S. The molecule has 2 aromatic rings. The van der Waals surface area contributed by atoms with E-state index in [9.17, 15) is 19.5 Å². The number of benzene rings is 2. The van der Waals surface area contributed by atoms with Crippen LogP contribution in [-0.2, 0) is 20.9 Å². The number of nitrogens with one attached hydrogen (secondary N) is 2. The Morgan fingerprint density at radius 3 is 2.57 bits per heavy atom. The Morgan fingerprint density at radius 1 is 1.11 bits per heavy atom. The summed E-state index contributed by atoms with van der Waals surface area (Å²) in [5.41, 5.74) is 1.63. The summed E-state index contributed by atoms with van der Waals surface area (Å²) in [6.07, 6.45) is 2.66. The van der Waals surface area contributed by atoms with Gasteiger partial charge in [-0.15, -0.1) is 11.8 Å². The Balaban J connectivity index is 1.39. The fourth-order valence-corrected chi connectivity index (χ4v) is 8.40. The number of thioether (sulfide) groups is 1. The van der Waals surface area contributed by atoms with Gasteiger partial charge in [-0.2, -0.15) is 0 Å². The highest BCUT2D eigenvalue weighted by Gasteiger charge is 2.73. The Hall–Kier alpha value is -3.04. The average molecular weight is 524 g/mol. The number of aliphatic hydroxyl groups is 1. The quantitative estimate of drug-likeness (QED) is 0.414. The van der Waals surface area contributed by atoms with Gasteiger partial charge in [-0.25, -0.2) is 0 Å². The molecule has 3 aliphatic rings. The van der Waals surface area contributed by atoms with Crippen molar-refractivity contribution in [1.82, 2.24) is 10.2 Å². The maximum absolute atomic E-state index is 13.9. The van der Waals surface area contributed by atoms with Gasteiger partial charge in [0.25, 0.3) is 0 Å². The Kier molecular flexibility index (Phi) is 7.44. The first-order valence-corrected chi connectivity index (χ1v) is 13.7. The second-order valence-corrected chi connectivity index (χ2v) is 11.5. The Morgan fingerprint density at radius 2 is 1.86 bits per heavy atom. The van der Waals surface area contributed by atoms with Crippen molar-refractivity contribution < 1.29 is 24.2 Å². The van der Waals surface area contributed by atoms with Gasteiger partial charge in [0.05, 0.1) is 23.7 Å². The average Bonchev–Trinajstić information content (AvgIpc) is 3.56. The van der Waals surface area contributed by atoms with E-state index >= 15 is 0 Å². The standard InChI is InChI=1S/C28H33N3O5S/c1-36-20-11-9-19(10-12-20)30-26(34)24-28-14-13-21(37-28)22(23(28)27(35)31(24)15-5-6-16-32)25(33)29-17-18-7-3-2-4-8-18/h2-4,7-12,21-24,32H,5-6,13-17H2,1H3,(H,29,33)(H,30,34)/t21-,22+,23+,24?,28?/m1/s1. The number of hydrogen-bond acceptors (Lipinski definition) is 6. The molecule has 0 saturated carbocycles. The lowest BCUT2D eigenvalue weighted by Gasteiger charge is -2.34. The summed E-state index contributed by atoms with van der Waals surface area (Å²) in [7, 11) is 1.58. The van der Waals surface area contributed by atoms with E-state index in [2.05, 4.69) is 10.6 Å². The number of unbranched alkanes of at least 4 members (excludes halogenated alkanes) is 1. The third-order valence-corrected chi connectivity index (χ3v) is 9.78. The molecule has 9 heteroatoms. The summed E-state index contributed by atoms with van der Waals surface area (Å²) >= 11 is 1.65. The monoisotopic (exact) mass is 523 g/mol. The predicted octanol–water partition coefficient (Wildman–Crippen LogP) is 2.81. The van der Waals surface area contributed by atoms with Crippen LogP contribution in [0.25, 0.3) is 0 Å². The minimum atomic E-state index is -0.673. The molecule has 196 valence electrons. The zero-order valence-corrected chi connectivity index (χ0v) is 21.7. The van der Waals surface area contributed by atoms with E-state index in [4.69, 9.17) is 4.74 Å². The molecule has 2 unspecified atom stereocenters. The molecular weight excluding hydrogens is 490 g/mol. The molecule has 5 rings (SSSR count). The van der Waals surface area contributed by atoms with Crippen molar-refractivity contribution in [2.75, 3.05) is 25.6 Å². The van der Waals surface area contributed by atoms with Crippen molar-refractivity contribution in [3.05, 3.63) is 60.2 Å². The minimum absolute atomic E-state index is 0.0144. The molecule has 3 amide bonds. The first-order chi connectivity index (χ1) is 18.0. The molecule has 3 N–H and O–H groups in total. The summed E-state index contributed by atoms with van der Waals surface area (Å²) in [5.74, 6) is -0.784. The molecule has 37 heavy (non-hydrogen) atoms. The van der Waals surface area contributed by atoms with Crippen LogP contribution in [0.4, 0.5) is 5.69 Å². The van der Waals surface area contributed by atoms with Gasteiger partial charge < -0.3 is 25.4 Å². The molecule has 0 radical (unpaired) electrons. The highest BCUT2D eigenvalue weighted by Crippen LogP contribution is 2.66. The first kappa shape index (κ1) is 25.6. The van der Waals surface area contributed by atoms with E-state index in [1.165, 1.54) is 0 Å². The van der Waals surface area contributed by atoms with E-state index in [1.807, 2.05) is 30.3 Å². The highest BCUT2D eigenvalue weighted by atomic mass is 32.2. The van der Waals surface area contributed by atoms with Crippen molar-refractivity contribution in [3.63, 3.8) is 0 Å². The second kappa shape index (κ2) is 10.8. The van der Waals surface area contributed by atoms with E-state index in [1.54, 1.807) is 48.0 Å². The largest absolute Gasteiger partial charge is 0.497 e. The number of anilines is 1. The third-order valence-electron chi connectivity index (χ3n) is 7.83. The minimum Gasteiger partial charge on any atom is -0.497 e. The summed E-state index contributed by atoms with van der Waals surface area (Å²) in [4.78, 5) is 42.8. The summed E-state index contributed by atoms with van der Waals surface area (Å²) in [5, 5.41) is 15.4. The van der Waals surface area contributed by atoms with Crippen molar-refractivity contribution in [2.45, 2.75) is 48.3 Å². The number of carbonyl (C=O) groups excluding carboxylic acids is 3. The number of hydrogen-bond donors (Lipinski definition) is 3. The lowest BCUT2D eigenvalue weighted by atomic mass is 9.70. The fourth-order valence-electron chi connectivity index (χ4n) is 6.18. The normalized spacial score (nSPS) is 27.7. The number of ether oxygens (including phenoxy) is 1. The molecule has 2 bridgehead atoms. The molecule has 3 saturated heterocycles. The molecule has 3 fully saturated rings. The topological polar surface area (TPSA) is 108 Å². The van der Waals surface area contributed by atoms with Crippen LogP contribution in [0, 0.1) is 11.8 Å². The number of carbonyl (C=O) groups is 3. The summed E-state index contributed by atoms with van der Waals surface area (Å²) < 4.78 is 4.58. The van der Waals surface area contributed by atoms with Crippen molar-refractivity contribution >= 4 is 35.2 Å². The van der Waals surface area contributed by atoms with Crippen molar-refractivity contribution in [2.24, 2.45) is 11.8 Å². The van der Waals surface area contributed by atoms with Gasteiger partial charge in [-0.05, 0) is 55.5 Å². The molecule has 0 aromatic heterocycles. The third kappa shape index (κ3) is 4.70. The number of aliphatic hydroxyl groups excluding tert-OH is 1. The second-order valence-electron chi connectivity index (χ2n) is 9.94. The Labute approximate surface area is 221 Å². The van der Waals surface area contributed by atoms with Crippen LogP contribution in [0.3, 0.4) is 0 Å². The van der Waals surface area contributed by atoms with E-state index in [0.717, 1.165) is 18.4 Å². The van der Waals surface area contributed by atoms with Gasteiger partial charge in [-0.3, -0.25) is 14.4 Å². The zero-order chi connectivity index (χ0) is 26.0. The van der Waals surface area contributed by atoms with Gasteiger partial charge in [0.15, 0.2) is 0 Å². The van der Waals surface area contributed by atoms with Crippen LogP contribution in [0.2, 0.25) is 0 Å². The molecule has 3 heterocycles. The molecule has 3 aliphatic heterocycles. The lowest BCUT2D eigenvalue weighted by Crippen LogP contribution is -2.51. The summed E-state index contributed by atoms with van der Waals surface area (Å²) in [6.45, 7) is 0.811. The molecule has 5 atom stereocenters. The smallest absolute Gasteiger partial charge is 0.248 e. The van der Waals surface area contributed by atoms with Crippen LogP contribution in [0.1, 0.15) is 31.2 Å². The van der Waals surface area contributed by atoms with Crippen LogP contribution >= 0.6 is 11.8 Å². The predicted molar refractivity (Wildman–Crippen MR) is 142 cm³/mol. The van der Waals surface area contributed by atoms with Crippen LogP contribution in [0.15, 0.2) is 54.6 Å². The Bertz CT molecular complexity index is 1140. The van der Waals surface area contributed by atoms with Crippen LogP contribution in [0.5, 0.6) is 5.75 Å². The van der Waals surface area contributed by atoms with Crippen molar-refractivity contribution in [1.29, 1.82) is 0 Å². The van der Waals surface area contributed by atoms with Crippen molar-refractivity contribution in [3.8, 4) is 5.75 Å². The summed E-state index contributed by atoms with van der Waals surface area (Å²) in [6, 6.07) is 16.1. The van der Waals surface area contributed by atoms with Crippen LogP contribution in [-0.4, -0.2) is 64.0 Å². The number of amides is 3. The maximum Gasteiger partial charge on any atom is 0.248 e. The van der Waals surface area contributed by atoms with Gasteiger partial charge in [0.1, 0.15) is 11.8 Å². The molecule has 1 spiro atoms. The zero-order valence-electron chi connectivity index (χ0n) is 20.9. The van der Waals surface area contributed by atoms with E-state index < -0.39 is 22.6 Å². The SMILES string of the molecule is COc1ccc(NC(=O)C2N(CCCCO)C(=O)[C@@H]3[C@@H](C(=O)NCc4ccccc4)[C@H]4CCC23S4)cc1. The van der Waals surface area contributed by atoms with Crippen LogP contribution < -0.4 is 15.4 Å². The first-order valence-electron chi connectivity index (χ1n) is 12.8. The highest BCUT2D eigenvalue weighted by molar-refractivity contribution is 8.02. The number of fused-ring (bicyclic) bond motifs is 1. The fraction of sp³-hybridized carbons (Fsp3) is 0.464.